The van der Waals surface area contributed by atoms with Gasteiger partial charge in [-0.05, 0) is 30.3 Å². The Bertz CT molecular complexity index is 991. The lowest BCUT2D eigenvalue weighted by atomic mass is 10.2. The van der Waals surface area contributed by atoms with Crippen LogP contribution in [0.4, 0.5) is 5.13 Å². The zero-order valence-electron chi connectivity index (χ0n) is 15.3. The van der Waals surface area contributed by atoms with E-state index in [1.807, 2.05) is 29.6 Å². The Morgan fingerprint density at radius 3 is 2.39 bits per heavy atom. The molecule has 1 N–H and O–H groups in total. The van der Waals surface area contributed by atoms with Gasteiger partial charge in [-0.15, -0.1) is 11.3 Å². The Hall–Kier alpha value is -2.48. The average Bonchev–Trinajstić information content (AvgIpc) is 3.17. The van der Waals surface area contributed by atoms with Crippen molar-refractivity contribution in [2.75, 3.05) is 26.8 Å². The summed E-state index contributed by atoms with van der Waals surface area (Å²) in [6, 6.07) is 9.36. The minimum absolute atomic E-state index is 0.287. The van der Waals surface area contributed by atoms with Gasteiger partial charge in [0.05, 0.1) is 38.3 Å². The monoisotopic (exact) mass is 437 g/mol. The van der Waals surface area contributed by atoms with Gasteiger partial charge in [0, 0.05) is 16.5 Å². The van der Waals surface area contributed by atoms with Crippen molar-refractivity contribution < 1.29 is 14.2 Å². The van der Waals surface area contributed by atoms with Crippen molar-refractivity contribution in [1.82, 2.24) is 4.98 Å². The number of rotatable bonds is 7. The summed E-state index contributed by atoms with van der Waals surface area (Å²) in [5.74, 6) is 1.58. The number of thiazole rings is 1. The summed E-state index contributed by atoms with van der Waals surface area (Å²) < 4.78 is 15.7. The molecule has 0 bridgehead atoms. The van der Waals surface area contributed by atoms with Crippen molar-refractivity contribution in [3.63, 3.8) is 0 Å². The predicted molar refractivity (Wildman–Crippen MR) is 115 cm³/mol. The minimum Gasteiger partial charge on any atom is -0.497 e. The molecule has 0 saturated heterocycles. The number of benzene rings is 2. The molecule has 0 atom stereocenters. The molecule has 3 aromatic rings. The Balaban J connectivity index is 1.76. The molecule has 0 saturated carbocycles. The fraction of sp³-hybridized carbons (Fsp3) is 0.158. The number of nitrogens with zero attached hydrogens (tertiary/aromatic N) is 2. The van der Waals surface area contributed by atoms with Gasteiger partial charge in [0.25, 0.3) is 0 Å². The van der Waals surface area contributed by atoms with E-state index in [2.05, 4.69) is 15.5 Å². The quantitative estimate of drug-likeness (QED) is 0.385. The molecule has 2 aromatic carbocycles. The highest BCUT2D eigenvalue weighted by molar-refractivity contribution is 7.14. The van der Waals surface area contributed by atoms with Crippen molar-refractivity contribution in [2.24, 2.45) is 5.10 Å². The van der Waals surface area contributed by atoms with Crippen LogP contribution in [0.25, 0.3) is 11.3 Å². The van der Waals surface area contributed by atoms with E-state index in [1.165, 1.54) is 25.6 Å². The minimum atomic E-state index is 0.287. The maximum Gasteiger partial charge on any atom is 0.203 e. The predicted octanol–water partition coefficient (Wildman–Crippen LogP) is 5.59. The number of anilines is 1. The first kappa shape index (κ1) is 20.3. The van der Waals surface area contributed by atoms with Crippen LogP contribution in [0.5, 0.6) is 17.2 Å². The van der Waals surface area contributed by atoms with Crippen molar-refractivity contribution in [3.05, 3.63) is 51.3 Å². The molecule has 0 aliphatic heterocycles. The highest BCUT2D eigenvalue weighted by atomic mass is 35.5. The number of hydrogen-bond acceptors (Lipinski definition) is 7. The summed E-state index contributed by atoms with van der Waals surface area (Å²) in [5, 5.41) is 7.45. The third-order valence-corrected chi connectivity index (χ3v) is 5.19. The van der Waals surface area contributed by atoms with Gasteiger partial charge in [-0.2, -0.15) is 5.10 Å². The summed E-state index contributed by atoms with van der Waals surface area (Å²) >= 11 is 13.9. The van der Waals surface area contributed by atoms with Crippen LogP contribution in [0, 0.1) is 0 Å². The Kier molecular flexibility index (Phi) is 6.61. The summed E-state index contributed by atoms with van der Waals surface area (Å²) in [7, 11) is 4.64. The molecule has 0 spiro atoms. The topological polar surface area (TPSA) is 65.0 Å². The van der Waals surface area contributed by atoms with E-state index in [0.717, 1.165) is 17.0 Å². The van der Waals surface area contributed by atoms with Gasteiger partial charge in [-0.3, -0.25) is 5.43 Å². The second-order valence-electron chi connectivity index (χ2n) is 5.46. The smallest absolute Gasteiger partial charge is 0.203 e. The van der Waals surface area contributed by atoms with Crippen LogP contribution in [0.3, 0.4) is 0 Å². The Labute approximate surface area is 176 Å². The van der Waals surface area contributed by atoms with Gasteiger partial charge in [0.15, 0.2) is 5.75 Å². The first-order chi connectivity index (χ1) is 13.6. The molecular weight excluding hydrogens is 421 g/mol. The summed E-state index contributed by atoms with van der Waals surface area (Å²) in [4.78, 5) is 4.52. The standard InChI is InChI=1S/C19H17Cl2N3O3S/c1-25-13-6-4-11(5-7-13)15-10-28-19(23-15)24-22-9-12-8-14(20)18(27-3)16(21)17(12)26-2/h4-10H,1-3H3,(H,23,24)/b22-9-. The second kappa shape index (κ2) is 9.14. The molecule has 146 valence electrons. The molecule has 1 aromatic heterocycles. The van der Waals surface area contributed by atoms with E-state index in [1.54, 1.807) is 19.4 Å². The van der Waals surface area contributed by atoms with E-state index in [9.17, 15) is 0 Å². The third-order valence-electron chi connectivity index (χ3n) is 3.82. The highest BCUT2D eigenvalue weighted by Gasteiger charge is 2.16. The van der Waals surface area contributed by atoms with Crippen molar-refractivity contribution in [2.45, 2.75) is 0 Å². The number of halogens is 2. The lowest BCUT2D eigenvalue weighted by Crippen LogP contribution is -1.97. The van der Waals surface area contributed by atoms with Crippen LogP contribution < -0.4 is 19.6 Å². The fourth-order valence-electron chi connectivity index (χ4n) is 2.47. The summed E-state index contributed by atoms with van der Waals surface area (Å²) in [6.45, 7) is 0. The molecule has 0 fully saturated rings. The molecule has 0 radical (unpaired) electrons. The molecule has 28 heavy (non-hydrogen) atoms. The fourth-order valence-corrected chi connectivity index (χ4v) is 3.84. The van der Waals surface area contributed by atoms with Gasteiger partial charge in [-0.25, -0.2) is 4.98 Å². The molecule has 0 aliphatic carbocycles. The first-order valence-corrected chi connectivity index (χ1v) is 9.70. The molecule has 0 aliphatic rings. The van der Waals surface area contributed by atoms with E-state index < -0.39 is 0 Å². The van der Waals surface area contributed by atoms with Crippen LogP contribution in [-0.2, 0) is 0 Å². The SMILES string of the molecule is COc1ccc(-c2csc(N/N=C\c3cc(Cl)c(OC)c(Cl)c3OC)n2)cc1. The molecule has 1 heterocycles. The molecule has 3 rings (SSSR count). The van der Waals surface area contributed by atoms with Crippen LogP contribution in [-0.4, -0.2) is 32.5 Å². The third kappa shape index (κ3) is 4.32. The molecule has 0 amide bonds. The van der Waals surface area contributed by atoms with Crippen LogP contribution in [0.15, 0.2) is 40.8 Å². The van der Waals surface area contributed by atoms with Crippen molar-refractivity contribution in [3.8, 4) is 28.5 Å². The number of hydrogen-bond donors (Lipinski definition) is 1. The zero-order valence-corrected chi connectivity index (χ0v) is 17.7. The molecule has 9 heteroatoms. The van der Waals surface area contributed by atoms with Gasteiger partial charge in [0.2, 0.25) is 5.13 Å². The second-order valence-corrected chi connectivity index (χ2v) is 7.11. The Morgan fingerprint density at radius 2 is 1.75 bits per heavy atom. The van der Waals surface area contributed by atoms with Gasteiger partial charge in [0.1, 0.15) is 16.5 Å². The van der Waals surface area contributed by atoms with Crippen molar-refractivity contribution in [1.29, 1.82) is 0 Å². The zero-order chi connectivity index (χ0) is 20.1. The number of aromatic nitrogens is 1. The van der Waals surface area contributed by atoms with E-state index in [-0.39, 0.29) is 5.02 Å². The summed E-state index contributed by atoms with van der Waals surface area (Å²) in [5.41, 5.74) is 5.35. The van der Waals surface area contributed by atoms with E-state index in [0.29, 0.717) is 27.2 Å². The lowest BCUT2D eigenvalue weighted by molar-refractivity contribution is 0.394. The van der Waals surface area contributed by atoms with Crippen molar-refractivity contribution >= 4 is 45.9 Å². The number of nitrogens with one attached hydrogen (secondary N) is 1. The normalized spacial score (nSPS) is 10.9. The molecule has 6 nitrogen and oxygen atoms in total. The van der Waals surface area contributed by atoms with Crippen LogP contribution >= 0.6 is 34.5 Å². The van der Waals surface area contributed by atoms with E-state index >= 15 is 0 Å². The van der Waals surface area contributed by atoms with Crippen LogP contribution in [0.1, 0.15) is 5.56 Å². The first-order valence-electron chi connectivity index (χ1n) is 8.06. The Morgan fingerprint density at radius 1 is 1.04 bits per heavy atom. The maximum atomic E-state index is 6.27. The number of ether oxygens (including phenoxy) is 3. The highest BCUT2D eigenvalue weighted by Crippen LogP contribution is 2.41. The number of hydrazone groups is 1. The van der Waals surface area contributed by atoms with Gasteiger partial charge < -0.3 is 14.2 Å². The largest absolute Gasteiger partial charge is 0.497 e. The molecular formula is C19H17Cl2N3O3S. The number of methoxy groups -OCH3 is 3. The maximum absolute atomic E-state index is 6.27. The summed E-state index contributed by atoms with van der Waals surface area (Å²) in [6.07, 6.45) is 1.56. The van der Waals surface area contributed by atoms with Gasteiger partial charge >= 0.3 is 0 Å². The lowest BCUT2D eigenvalue weighted by Gasteiger charge is -2.12. The van der Waals surface area contributed by atoms with E-state index in [4.69, 9.17) is 37.4 Å². The van der Waals surface area contributed by atoms with Gasteiger partial charge in [-0.1, -0.05) is 23.2 Å². The average molecular weight is 438 g/mol. The molecule has 0 unspecified atom stereocenters. The van der Waals surface area contributed by atoms with Crippen LogP contribution in [0.2, 0.25) is 10.0 Å².